The molecule has 0 bridgehead atoms. The van der Waals surface area contributed by atoms with Gasteiger partial charge in [0.1, 0.15) is 6.04 Å². The topological polar surface area (TPSA) is 87.7 Å². The van der Waals surface area contributed by atoms with Crippen LogP contribution < -0.4 is 10.6 Å². The van der Waals surface area contributed by atoms with Crippen LogP contribution in [-0.4, -0.2) is 49.0 Å². The standard InChI is InChI=1S/C16H21N3O4/c1-23-14(20)9-10-17-15(21)13-8-5-11-19(13)16(22)18-12-6-3-2-4-7-12/h2-4,6-7,13H,5,8-11H2,1H3,(H,17,21)(H,18,22). The maximum atomic E-state index is 12.3. The summed E-state index contributed by atoms with van der Waals surface area (Å²) in [6.07, 6.45) is 1.51. The van der Waals surface area contributed by atoms with Crippen molar-refractivity contribution in [2.24, 2.45) is 0 Å². The summed E-state index contributed by atoms with van der Waals surface area (Å²) in [7, 11) is 1.30. The van der Waals surface area contributed by atoms with Gasteiger partial charge in [0.15, 0.2) is 0 Å². The molecule has 2 rings (SSSR count). The lowest BCUT2D eigenvalue weighted by Gasteiger charge is -2.24. The molecule has 7 nitrogen and oxygen atoms in total. The molecule has 1 saturated heterocycles. The van der Waals surface area contributed by atoms with Crippen molar-refractivity contribution < 1.29 is 19.1 Å². The van der Waals surface area contributed by atoms with Gasteiger partial charge in [0.05, 0.1) is 13.5 Å². The number of esters is 1. The van der Waals surface area contributed by atoms with Gasteiger partial charge >= 0.3 is 12.0 Å². The number of carbonyl (C=O) groups is 3. The van der Waals surface area contributed by atoms with Crippen molar-refractivity contribution in [1.29, 1.82) is 0 Å². The first-order valence-electron chi connectivity index (χ1n) is 7.59. The van der Waals surface area contributed by atoms with Gasteiger partial charge in [-0.3, -0.25) is 9.59 Å². The van der Waals surface area contributed by atoms with Crippen LogP contribution in [0.15, 0.2) is 30.3 Å². The number of hydrogen-bond acceptors (Lipinski definition) is 4. The van der Waals surface area contributed by atoms with Gasteiger partial charge in [0, 0.05) is 18.8 Å². The second-order valence-corrected chi connectivity index (χ2v) is 5.26. The van der Waals surface area contributed by atoms with Gasteiger partial charge in [-0.1, -0.05) is 18.2 Å². The highest BCUT2D eigenvalue weighted by Crippen LogP contribution is 2.19. The second kappa shape index (κ2) is 8.17. The SMILES string of the molecule is COC(=O)CCNC(=O)C1CCCN1C(=O)Nc1ccccc1. The van der Waals surface area contributed by atoms with E-state index in [1.54, 1.807) is 12.1 Å². The molecule has 23 heavy (non-hydrogen) atoms. The number of para-hydroxylation sites is 1. The first-order chi connectivity index (χ1) is 11.1. The maximum Gasteiger partial charge on any atom is 0.322 e. The number of benzene rings is 1. The molecule has 0 aromatic heterocycles. The van der Waals surface area contributed by atoms with Crippen LogP contribution in [0.5, 0.6) is 0 Å². The molecule has 0 radical (unpaired) electrons. The van der Waals surface area contributed by atoms with Crippen molar-refractivity contribution >= 4 is 23.6 Å². The van der Waals surface area contributed by atoms with Gasteiger partial charge in [0.25, 0.3) is 0 Å². The number of rotatable bonds is 5. The number of nitrogens with one attached hydrogen (secondary N) is 2. The third kappa shape index (κ3) is 4.70. The van der Waals surface area contributed by atoms with Gasteiger partial charge in [-0.05, 0) is 25.0 Å². The van der Waals surface area contributed by atoms with Gasteiger partial charge in [0.2, 0.25) is 5.91 Å². The van der Waals surface area contributed by atoms with E-state index in [4.69, 9.17) is 0 Å². The van der Waals surface area contributed by atoms with Crippen molar-refractivity contribution in [3.63, 3.8) is 0 Å². The number of anilines is 1. The largest absolute Gasteiger partial charge is 0.469 e. The van der Waals surface area contributed by atoms with E-state index in [0.29, 0.717) is 18.7 Å². The summed E-state index contributed by atoms with van der Waals surface area (Å²) in [4.78, 5) is 37.1. The Balaban J connectivity index is 1.87. The summed E-state index contributed by atoms with van der Waals surface area (Å²) in [6, 6.07) is 8.31. The molecule has 1 aromatic rings. The lowest BCUT2D eigenvalue weighted by Crippen LogP contribution is -2.47. The number of methoxy groups -OCH3 is 1. The molecular weight excluding hydrogens is 298 g/mol. The van der Waals surface area contributed by atoms with Gasteiger partial charge in [-0.2, -0.15) is 0 Å². The average molecular weight is 319 g/mol. The van der Waals surface area contributed by atoms with Crippen LogP contribution in [0.25, 0.3) is 0 Å². The summed E-state index contributed by atoms with van der Waals surface area (Å²) < 4.78 is 4.52. The predicted molar refractivity (Wildman–Crippen MR) is 84.8 cm³/mol. The zero-order valence-electron chi connectivity index (χ0n) is 13.1. The van der Waals surface area contributed by atoms with Crippen LogP contribution in [0.2, 0.25) is 0 Å². The fourth-order valence-corrected chi connectivity index (χ4v) is 2.51. The molecule has 3 amide bonds. The summed E-state index contributed by atoms with van der Waals surface area (Å²) in [6.45, 7) is 0.740. The van der Waals surface area contributed by atoms with Crippen molar-refractivity contribution in [3.8, 4) is 0 Å². The van der Waals surface area contributed by atoms with Gasteiger partial charge in [-0.25, -0.2) is 4.79 Å². The Morgan fingerprint density at radius 3 is 2.70 bits per heavy atom. The monoisotopic (exact) mass is 319 g/mol. The normalized spacial score (nSPS) is 16.7. The second-order valence-electron chi connectivity index (χ2n) is 5.26. The highest BCUT2D eigenvalue weighted by atomic mass is 16.5. The van der Waals surface area contributed by atoms with Gasteiger partial charge < -0.3 is 20.3 Å². The molecule has 1 fully saturated rings. The predicted octanol–water partition coefficient (Wildman–Crippen LogP) is 1.36. The summed E-state index contributed by atoms with van der Waals surface area (Å²) in [5.41, 5.74) is 0.689. The van der Waals surface area contributed by atoms with Crippen molar-refractivity contribution in [3.05, 3.63) is 30.3 Å². The van der Waals surface area contributed by atoms with E-state index >= 15 is 0 Å². The van der Waals surface area contributed by atoms with E-state index in [1.165, 1.54) is 12.0 Å². The van der Waals surface area contributed by atoms with Crippen LogP contribution in [0, 0.1) is 0 Å². The van der Waals surface area contributed by atoms with Crippen molar-refractivity contribution in [1.82, 2.24) is 10.2 Å². The minimum atomic E-state index is -0.503. The minimum Gasteiger partial charge on any atom is -0.469 e. The van der Waals surface area contributed by atoms with E-state index in [0.717, 1.165) is 6.42 Å². The molecule has 0 aliphatic carbocycles. The molecule has 1 aliphatic heterocycles. The molecule has 124 valence electrons. The van der Waals surface area contributed by atoms with E-state index in [2.05, 4.69) is 15.4 Å². The number of hydrogen-bond donors (Lipinski definition) is 2. The number of likely N-dealkylation sites (tertiary alicyclic amines) is 1. The van der Waals surface area contributed by atoms with Crippen LogP contribution in [0.4, 0.5) is 10.5 Å². The Labute approximate surface area is 135 Å². The first kappa shape index (κ1) is 16.8. The number of nitrogens with zero attached hydrogens (tertiary/aromatic N) is 1. The molecule has 1 atom stereocenters. The van der Waals surface area contributed by atoms with Crippen LogP contribution in [-0.2, 0) is 14.3 Å². The lowest BCUT2D eigenvalue weighted by atomic mass is 10.2. The van der Waals surface area contributed by atoms with Crippen molar-refractivity contribution in [2.75, 3.05) is 25.5 Å². The van der Waals surface area contributed by atoms with Gasteiger partial charge in [-0.15, -0.1) is 0 Å². The Morgan fingerprint density at radius 2 is 2.00 bits per heavy atom. The fraction of sp³-hybridized carbons (Fsp3) is 0.438. The highest BCUT2D eigenvalue weighted by molar-refractivity contribution is 5.94. The number of carbonyl (C=O) groups excluding carboxylic acids is 3. The number of amides is 3. The third-order valence-corrected chi connectivity index (χ3v) is 3.70. The molecular formula is C16H21N3O4. The van der Waals surface area contributed by atoms with Crippen LogP contribution in [0.1, 0.15) is 19.3 Å². The number of ether oxygens (including phenoxy) is 1. The molecule has 2 N–H and O–H groups in total. The first-order valence-corrected chi connectivity index (χ1v) is 7.59. The Hall–Kier alpha value is -2.57. The molecule has 0 spiro atoms. The lowest BCUT2D eigenvalue weighted by molar-refractivity contribution is -0.140. The number of urea groups is 1. The Bertz CT molecular complexity index is 562. The molecule has 1 aliphatic rings. The summed E-state index contributed by atoms with van der Waals surface area (Å²) >= 11 is 0. The zero-order valence-corrected chi connectivity index (χ0v) is 13.1. The van der Waals surface area contributed by atoms with Crippen LogP contribution >= 0.6 is 0 Å². The van der Waals surface area contributed by atoms with E-state index in [1.807, 2.05) is 18.2 Å². The van der Waals surface area contributed by atoms with Crippen molar-refractivity contribution in [2.45, 2.75) is 25.3 Å². The summed E-state index contributed by atoms with van der Waals surface area (Å²) in [5, 5.41) is 5.46. The summed E-state index contributed by atoms with van der Waals surface area (Å²) in [5.74, 6) is -0.620. The average Bonchev–Trinajstić information content (AvgIpc) is 3.05. The van der Waals surface area contributed by atoms with E-state index < -0.39 is 6.04 Å². The molecule has 1 unspecified atom stereocenters. The highest BCUT2D eigenvalue weighted by Gasteiger charge is 2.34. The minimum absolute atomic E-state index is 0.116. The fourth-order valence-electron chi connectivity index (χ4n) is 2.51. The maximum absolute atomic E-state index is 12.3. The smallest absolute Gasteiger partial charge is 0.322 e. The molecule has 1 heterocycles. The molecule has 1 aromatic carbocycles. The molecule has 0 saturated carbocycles. The van der Waals surface area contributed by atoms with Crippen LogP contribution in [0.3, 0.4) is 0 Å². The Morgan fingerprint density at radius 1 is 1.26 bits per heavy atom. The Kier molecular flexibility index (Phi) is 5.96. The molecule has 7 heteroatoms. The zero-order chi connectivity index (χ0) is 16.7. The third-order valence-electron chi connectivity index (χ3n) is 3.70. The van der Waals surface area contributed by atoms with E-state index in [-0.39, 0.29) is 30.9 Å². The van der Waals surface area contributed by atoms with E-state index in [9.17, 15) is 14.4 Å². The quantitative estimate of drug-likeness (QED) is 0.802.